The van der Waals surface area contributed by atoms with E-state index in [2.05, 4.69) is 120 Å². The van der Waals surface area contributed by atoms with Gasteiger partial charge in [0.1, 0.15) is 18.2 Å². The fraction of sp³-hybridized carbons (Fsp3) is 0.174. The van der Waals surface area contributed by atoms with Gasteiger partial charge in [0.15, 0.2) is 5.82 Å². The summed E-state index contributed by atoms with van der Waals surface area (Å²) >= 11 is 0. The first-order valence-electron chi connectivity index (χ1n) is 17.6. The lowest BCUT2D eigenvalue weighted by Crippen LogP contribution is -2.41. The molecule has 0 radical (unpaired) electrons. The molecular weight excluding hydrogens is 655 g/mol. The second-order valence-electron chi connectivity index (χ2n) is 13.2. The Hall–Kier alpha value is -6.18. The van der Waals surface area contributed by atoms with Crippen molar-refractivity contribution < 1.29 is 9.53 Å². The number of rotatable bonds is 13. The van der Waals surface area contributed by atoms with Gasteiger partial charge in [-0.2, -0.15) is 0 Å². The van der Waals surface area contributed by atoms with Crippen molar-refractivity contribution in [3.05, 3.63) is 198 Å². The normalized spacial score (nSPS) is 11.8. The minimum atomic E-state index is -0.861. The summed E-state index contributed by atoms with van der Waals surface area (Å²) in [6.07, 6.45) is 0. The molecule has 7 nitrogen and oxygen atoms in total. The highest BCUT2D eigenvalue weighted by Gasteiger charge is 2.42. The van der Waals surface area contributed by atoms with Crippen molar-refractivity contribution in [3.63, 3.8) is 0 Å². The van der Waals surface area contributed by atoms with E-state index in [0.29, 0.717) is 12.4 Å². The zero-order valence-corrected chi connectivity index (χ0v) is 29.3. The van der Waals surface area contributed by atoms with Gasteiger partial charge in [-0.3, -0.25) is 4.79 Å². The predicted octanol–water partition coefficient (Wildman–Crippen LogP) is 9.34. The lowest BCUT2D eigenvalue weighted by Gasteiger charge is -2.36. The quantitative estimate of drug-likeness (QED) is 0.0955. The Morgan fingerprint density at radius 1 is 0.642 bits per heavy atom. The van der Waals surface area contributed by atoms with Crippen molar-refractivity contribution in [2.75, 3.05) is 0 Å². The Morgan fingerprint density at radius 2 is 1.13 bits per heavy atom. The largest absolute Gasteiger partial charge is 0.460 e. The highest BCUT2D eigenvalue weighted by Crippen LogP contribution is 2.43. The number of esters is 1. The monoisotopic (exact) mass is 699 g/mol. The van der Waals surface area contributed by atoms with Crippen LogP contribution in [0.5, 0.6) is 0 Å². The Balaban J connectivity index is 0.00000481. The van der Waals surface area contributed by atoms with Crippen LogP contribution in [0.3, 0.4) is 0 Å². The molecule has 1 aromatic heterocycles. The highest BCUT2D eigenvalue weighted by molar-refractivity contribution is 5.81. The first kappa shape index (κ1) is 36.6. The molecule has 0 fully saturated rings. The lowest BCUT2D eigenvalue weighted by atomic mass is 9.77. The van der Waals surface area contributed by atoms with Crippen LogP contribution in [0.4, 0.5) is 0 Å². The summed E-state index contributed by atoms with van der Waals surface area (Å²) in [7, 11) is 0. The van der Waals surface area contributed by atoms with E-state index in [1.807, 2.05) is 79.2 Å². The molecule has 0 saturated heterocycles. The first-order valence-corrected chi connectivity index (χ1v) is 17.6. The third kappa shape index (κ3) is 7.71. The summed E-state index contributed by atoms with van der Waals surface area (Å²) in [6, 6.07) is 57.2. The average molecular weight is 700 g/mol. The van der Waals surface area contributed by atoms with Crippen molar-refractivity contribution in [1.82, 2.24) is 25.5 Å². The molecule has 7 heteroatoms. The average Bonchev–Trinajstić information content (AvgIpc) is 3.69. The van der Waals surface area contributed by atoms with E-state index >= 15 is 0 Å². The van der Waals surface area contributed by atoms with Crippen LogP contribution < -0.4 is 5.32 Å². The van der Waals surface area contributed by atoms with E-state index < -0.39 is 11.6 Å². The van der Waals surface area contributed by atoms with Crippen molar-refractivity contribution >= 4 is 5.97 Å². The van der Waals surface area contributed by atoms with Gasteiger partial charge < -0.3 is 10.1 Å². The number of aromatic nitrogens is 4. The zero-order valence-electron chi connectivity index (χ0n) is 29.3. The number of nitrogens with zero attached hydrogens (tertiary/aromatic N) is 4. The Kier molecular flexibility index (Phi) is 11.7. The van der Waals surface area contributed by atoms with Crippen molar-refractivity contribution in [1.29, 1.82) is 0 Å². The van der Waals surface area contributed by atoms with E-state index in [0.717, 1.165) is 44.5 Å². The molecule has 0 unspecified atom stereocenters. The Morgan fingerprint density at radius 3 is 1.66 bits per heavy atom. The summed E-state index contributed by atoms with van der Waals surface area (Å²) in [4.78, 5) is 13.0. The predicted molar refractivity (Wildman–Crippen MR) is 212 cm³/mol. The summed E-state index contributed by atoms with van der Waals surface area (Å²) in [5.74, 6) is 0.460. The summed E-state index contributed by atoms with van der Waals surface area (Å²) in [5, 5.41) is 17.2. The third-order valence-corrected chi connectivity index (χ3v) is 9.47. The van der Waals surface area contributed by atoms with Gasteiger partial charge in [-0.1, -0.05) is 191 Å². The van der Waals surface area contributed by atoms with Gasteiger partial charge in [0.2, 0.25) is 0 Å². The molecule has 1 heterocycles. The number of ether oxygens (including phenoxy) is 1. The fourth-order valence-corrected chi connectivity index (χ4v) is 6.86. The molecule has 0 spiro atoms. The van der Waals surface area contributed by atoms with Crippen LogP contribution in [0.15, 0.2) is 170 Å². The smallest absolute Gasteiger partial charge is 0.323 e. The minimum Gasteiger partial charge on any atom is -0.460 e. The van der Waals surface area contributed by atoms with Gasteiger partial charge >= 0.3 is 5.97 Å². The number of carbonyl (C=O) groups excluding carboxylic acids is 1. The topological polar surface area (TPSA) is 81.9 Å². The van der Waals surface area contributed by atoms with Crippen molar-refractivity contribution in [3.8, 4) is 22.5 Å². The molecule has 0 aliphatic heterocycles. The number of nitrogens with one attached hydrogen (secondary N) is 1. The fourth-order valence-electron chi connectivity index (χ4n) is 6.86. The molecular formula is C46H45N5O2. The zero-order chi connectivity index (χ0) is 35.8. The van der Waals surface area contributed by atoms with E-state index in [1.165, 1.54) is 0 Å². The van der Waals surface area contributed by atoms with Gasteiger partial charge in [0.25, 0.3) is 0 Å². The van der Waals surface area contributed by atoms with Crippen LogP contribution in [-0.2, 0) is 28.2 Å². The number of hydrogen-bond donors (Lipinski definition) is 1. The van der Waals surface area contributed by atoms with Crippen LogP contribution in [0.1, 0.15) is 49.1 Å². The third-order valence-electron chi connectivity index (χ3n) is 9.47. The van der Waals surface area contributed by atoms with Crippen molar-refractivity contribution in [2.24, 2.45) is 5.92 Å². The van der Waals surface area contributed by atoms with Crippen LogP contribution in [0.25, 0.3) is 22.5 Å². The Bertz CT molecular complexity index is 2090. The van der Waals surface area contributed by atoms with E-state index in [-0.39, 0.29) is 25.9 Å². The number of benzene rings is 6. The van der Waals surface area contributed by atoms with E-state index in [9.17, 15) is 4.79 Å². The van der Waals surface area contributed by atoms with Crippen LogP contribution in [0, 0.1) is 5.92 Å². The molecule has 0 aliphatic carbocycles. The maximum absolute atomic E-state index is 13.0. The standard InChI is InChI=1S/C45H41N5O2.CH4/c1-33(2)42(44(51)52-32-35-17-7-3-8-18-35)46-31-34-27-29-36(30-28-34)40-25-15-16-26-41(40)43-47-48-49-50(43)45(37-19-9-4-10-20-37,38-21-11-5-12-22-38)39-23-13-6-14-24-39;/h3-30,33,42,46H,31-32H2,1-2H3;1H4/t42-;/m0./s1. The van der Waals surface area contributed by atoms with E-state index in [4.69, 9.17) is 15.0 Å². The number of hydrogen-bond acceptors (Lipinski definition) is 6. The van der Waals surface area contributed by atoms with Crippen LogP contribution >= 0.6 is 0 Å². The number of tetrazole rings is 1. The first-order chi connectivity index (χ1) is 25.6. The van der Waals surface area contributed by atoms with Gasteiger partial charge in [0, 0.05) is 12.1 Å². The SMILES string of the molecule is C.CC(C)[C@H](NCc1ccc(-c2ccccc2-c2nnnn2C(c2ccccc2)(c2ccccc2)c2ccccc2)cc1)C(=O)OCc1ccccc1. The summed E-state index contributed by atoms with van der Waals surface area (Å²) in [5.41, 5.74) is 7.23. The van der Waals surface area contributed by atoms with Crippen molar-refractivity contribution in [2.45, 2.75) is 46.0 Å². The molecule has 7 rings (SSSR count). The van der Waals surface area contributed by atoms with Gasteiger partial charge in [0.05, 0.1) is 0 Å². The molecule has 6 aromatic carbocycles. The molecule has 266 valence electrons. The van der Waals surface area contributed by atoms with Crippen LogP contribution in [0.2, 0.25) is 0 Å². The lowest BCUT2D eigenvalue weighted by molar-refractivity contribution is -0.148. The summed E-state index contributed by atoms with van der Waals surface area (Å²) in [6.45, 7) is 4.83. The molecule has 0 aliphatic rings. The second kappa shape index (κ2) is 16.9. The molecule has 0 saturated carbocycles. The Labute approximate surface area is 312 Å². The molecule has 53 heavy (non-hydrogen) atoms. The van der Waals surface area contributed by atoms with Crippen LogP contribution in [-0.4, -0.2) is 32.2 Å². The van der Waals surface area contributed by atoms with Gasteiger partial charge in [-0.25, -0.2) is 4.68 Å². The number of carbonyl (C=O) groups is 1. The van der Waals surface area contributed by atoms with Gasteiger partial charge in [-0.05, 0) is 55.3 Å². The molecule has 7 aromatic rings. The minimum absolute atomic E-state index is 0. The summed E-state index contributed by atoms with van der Waals surface area (Å²) < 4.78 is 7.63. The molecule has 0 amide bonds. The second-order valence-corrected chi connectivity index (χ2v) is 13.2. The molecule has 1 N–H and O–H groups in total. The molecule has 0 bridgehead atoms. The maximum atomic E-state index is 13.0. The van der Waals surface area contributed by atoms with Gasteiger partial charge in [-0.15, -0.1) is 5.10 Å². The van der Waals surface area contributed by atoms with E-state index in [1.54, 1.807) is 0 Å². The highest BCUT2D eigenvalue weighted by atomic mass is 16.5. The molecule has 1 atom stereocenters. The maximum Gasteiger partial charge on any atom is 0.323 e.